The van der Waals surface area contributed by atoms with Crippen molar-refractivity contribution in [2.75, 3.05) is 6.61 Å². The van der Waals surface area contributed by atoms with Crippen LogP contribution in [-0.4, -0.2) is 66.9 Å². The first-order valence-electron chi connectivity index (χ1n) is 10.8. The van der Waals surface area contributed by atoms with Crippen molar-refractivity contribution >= 4 is 17.9 Å². The van der Waals surface area contributed by atoms with Crippen molar-refractivity contribution in [1.82, 2.24) is 0 Å². The van der Waals surface area contributed by atoms with Crippen LogP contribution in [0.4, 0.5) is 0 Å². The molecule has 0 aromatic heterocycles. The van der Waals surface area contributed by atoms with Crippen LogP contribution in [0.25, 0.3) is 0 Å². The van der Waals surface area contributed by atoms with Crippen molar-refractivity contribution in [2.24, 2.45) is 0 Å². The van der Waals surface area contributed by atoms with E-state index in [9.17, 15) is 14.4 Å². The van der Waals surface area contributed by atoms with Crippen LogP contribution in [0.15, 0.2) is 12.7 Å². The van der Waals surface area contributed by atoms with Crippen LogP contribution in [-0.2, 0) is 42.8 Å². The van der Waals surface area contributed by atoms with Crippen molar-refractivity contribution < 1.29 is 42.8 Å². The van der Waals surface area contributed by atoms with Gasteiger partial charge in [0.05, 0.1) is 0 Å². The normalized spacial score (nSPS) is 32.5. The third-order valence-corrected chi connectivity index (χ3v) is 5.82. The van der Waals surface area contributed by atoms with Gasteiger partial charge in [-0.05, 0) is 19.3 Å². The van der Waals surface area contributed by atoms with Crippen LogP contribution in [0, 0.1) is 0 Å². The molecule has 0 radical (unpaired) electrons. The van der Waals surface area contributed by atoms with E-state index in [1.54, 1.807) is 6.08 Å². The van der Waals surface area contributed by atoms with E-state index in [2.05, 4.69) is 6.58 Å². The lowest BCUT2D eigenvalue weighted by Crippen LogP contribution is -2.61. The molecule has 2 aliphatic heterocycles. The van der Waals surface area contributed by atoms with E-state index in [1.807, 2.05) is 0 Å². The Morgan fingerprint density at radius 2 is 1.71 bits per heavy atom. The number of ether oxygens (including phenoxy) is 6. The molecule has 0 aromatic rings. The minimum absolute atomic E-state index is 0.182. The molecule has 2 saturated heterocycles. The molecule has 1 saturated carbocycles. The molecule has 3 rings (SSSR count). The molecule has 174 valence electrons. The number of rotatable bonds is 7. The number of carbonyl (C=O) groups excluding carboxylic acids is 3. The molecule has 9 heteroatoms. The van der Waals surface area contributed by atoms with Crippen molar-refractivity contribution in [3.63, 3.8) is 0 Å². The molecule has 31 heavy (non-hydrogen) atoms. The van der Waals surface area contributed by atoms with Crippen LogP contribution in [0.3, 0.4) is 0 Å². The predicted octanol–water partition coefficient (Wildman–Crippen LogP) is 2.20. The first-order valence-corrected chi connectivity index (χ1v) is 10.8. The summed E-state index contributed by atoms with van der Waals surface area (Å²) >= 11 is 0. The molecule has 6 atom stereocenters. The Kier molecular flexibility index (Phi) is 7.72. The topological polar surface area (TPSA) is 107 Å². The van der Waals surface area contributed by atoms with Crippen molar-refractivity contribution in [2.45, 2.75) is 102 Å². The molecular formula is C22H32O9. The second-order valence-corrected chi connectivity index (χ2v) is 8.32. The lowest BCUT2D eigenvalue weighted by Gasteiger charge is -2.43. The summed E-state index contributed by atoms with van der Waals surface area (Å²) < 4.78 is 35.3. The Bertz CT molecular complexity index is 684. The third-order valence-electron chi connectivity index (χ3n) is 5.82. The van der Waals surface area contributed by atoms with Crippen molar-refractivity contribution in [3.8, 4) is 0 Å². The Hall–Kier alpha value is -1.97. The molecule has 1 aliphatic carbocycles. The fraction of sp³-hybridized carbons (Fsp3) is 0.773. The highest BCUT2D eigenvalue weighted by Crippen LogP contribution is 2.46. The summed E-state index contributed by atoms with van der Waals surface area (Å²) in [5.74, 6) is -2.29. The highest BCUT2D eigenvalue weighted by Gasteiger charge is 2.60. The smallest absolute Gasteiger partial charge is 0.303 e. The highest BCUT2D eigenvalue weighted by atomic mass is 16.8. The van der Waals surface area contributed by atoms with E-state index in [1.165, 1.54) is 20.8 Å². The third kappa shape index (κ3) is 5.64. The van der Waals surface area contributed by atoms with Crippen LogP contribution < -0.4 is 0 Å². The molecular weight excluding hydrogens is 408 g/mol. The van der Waals surface area contributed by atoms with Gasteiger partial charge in [0.2, 0.25) is 0 Å². The fourth-order valence-corrected chi connectivity index (χ4v) is 4.66. The van der Waals surface area contributed by atoms with E-state index < -0.39 is 60.3 Å². The molecule has 3 fully saturated rings. The summed E-state index contributed by atoms with van der Waals surface area (Å²) in [7, 11) is 0. The first kappa shape index (κ1) is 23.7. The summed E-state index contributed by atoms with van der Waals surface area (Å²) in [5, 5.41) is 0. The Morgan fingerprint density at radius 1 is 1.03 bits per heavy atom. The second kappa shape index (κ2) is 10.1. The molecule has 4 unspecified atom stereocenters. The SMILES string of the molecule is C=CCC1O[C@@H]([C@@H](COC(C)=O)OC(C)=O)C2OC3(CCCCC3)OC2C1OC(C)=O. The van der Waals surface area contributed by atoms with E-state index in [-0.39, 0.29) is 6.61 Å². The van der Waals surface area contributed by atoms with Gasteiger partial charge in [0.25, 0.3) is 0 Å². The number of carbonyl (C=O) groups is 3. The zero-order valence-corrected chi connectivity index (χ0v) is 18.4. The lowest BCUT2D eigenvalue weighted by atomic mass is 9.90. The number of fused-ring (bicyclic) bond motifs is 1. The molecule has 9 nitrogen and oxygen atoms in total. The van der Waals surface area contributed by atoms with Crippen LogP contribution in [0.2, 0.25) is 0 Å². The first-order chi connectivity index (χ1) is 14.7. The maximum atomic E-state index is 11.8. The summed E-state index contributed by atoms with van der Waals surface area (Å²) in [6.45, 7) is 7.47. The Labute approximate surface area is 182 Å². The minimum Gasteiger partial charge on any atom is -0.462 e. The summed E-state index contributed by atoms with van der Waals surface area (Å²) in [6, 6.07) is 0. The van der Waals surface area contributed by atoms with E-state index in [0.29, 0.717) is 19.3 Å². The monoisotopic (exact) mass is 440 g/mol. The van der Waals surface area contributed by atoms with Crippen LogP contribution in [0.5, 0.6) is 0 Å². The highest BCUT2D eigenvalue weighted by molar-refractivity contribution is 5.67. The predicted molar refractivity (Wildman–Crippen MR) is 107 cm³/mol. The van der Waals surface area contributed by atoms with E-state index >= 15 is 0 Å². The van der Waals surface area contributed by atoms with Crippen molar-refractivity contribution in [3.05, 3.63) is 12.7 Å². The van der Waals surface area contributed by atoms with Gasteiger partial charge in [-0.3, -0.25) is 14.4 Å². The van der Waals surface area contributed by atoms with E-state index in [4.69, 9.17) is 28.4 Å². The lowest BCUT2D eigenvalue weighted by molar-refractivity contribution is -0.232. The fourth-order valence-electron chi connectivity index (χ4n) is 4.66. The zero-order valence-electron chi connectivity index (χ0n) is 18.4. The Balaban J connectivity index is 1.93. The van der Waals surface area contributed by atoms with E-state index in [0.717, 1.165) is 19.3 Å². The van der Waals surface area contributed by atoms with Gasteiger partial charge in [-0.15, -0.1) is 6.58 Å². The summed E-state index contributed by atoms with van der Waals surface area (Å²) in [4.78, 5) is 35.0. The molecule has 0 amide bonds. The largest absolute Gasteiger partial charge is 0.462 e. The van der Waals surface area contributed by atoms with Gasteiger partial charge >= 0.3 is 17.9 Å². The van der Waals surface area contributed by atoms with Gasteiger partial charge in [0.15, 0.2) is 18.0 Å². The van der Waals surface area contributed by atoms with Gasteiger partial charge in [-0.25, -0.2) is 0 Å². The molecule has 2 heterocycles. The van der Waals surface area contributed by atoms with Crippen molar-refractivity contribution in [1.29, 1.82) is 0 Å². The maximum Gasteiger partial charge on any atom is 0.303 e. The molecule has 0 bridgehead atoms. The maximum absolute atomic E-state index is 11.8. The molecule has 0 aromatic carbocycles. The molecule has 1 spiro atoms. The van der Waals surface area contributed by atoms with Crippen LogP contribution >= 0.6 is 0 Å². The summed E-state index contributed by atoms with van der Waals surface area (Å²) in [5.41, 5.74) is 0. The average Bonchev–Trinajstić information content (AvgIpc) is 3.05. The van der Waals surface area contributed by atoms with Gasteiger partial charge in [0.1, 0.15) is 31.0 Å². The second-order valence-electron chi connectivity index (χ2n) is 8.32. The standard InChI is InChI=1S/C22H32O9/c1-5-9-16-18(28-15(4)25)20-21(31-22(30-20)10-7-6-8-11-22)19(29-16)17(27-14(3)24)12-26-13(2)23/h5,16-21H,1,6-12H2,2-4H3/t16?,17-,18?,19+,20?,21?/m1/s1. The summed E-state index contributed by atoms with van der Waals surface area (Å²) in [6.07, 6.45) is 2.26. The van der Waals surface area contributed by atoms with Gasteiger partial charge in [-0.1, -0.05) is 12.5 Å². The van der Waals surface area contributed by atoms with Gasteiger partial charge in [-0.2, -0.15) is 0 Å². The molecule has 3 aliphatic rings. The number of esters is 3. The van der Waals surface area contributed by atoms with Gasteiger partial charge in [0, 0.05) is 33.6 Å². The Morgan fingerprint density at radius 3 is 2.29 bits per heavy atom. The quantitative estimate of drug-likeness (QED) is 0.334. The zero-order chi connectivity index (χ0) is 22.6. The molecule has 0 N–H and O–H groups in total. The minimum atomic E-state index is -0.901. The van der Waals surface area contributed by atoms with Gasteiger partial charge < -0.3 is 28.4 Å². The number of hydrogen-bond acceptors (Lipinski definition) is 9. The number of hydrogen-bond donors (Lipinski definition) is 0. The average molecular weight is 440 g/mol. The van der Waals surface area contributed by atoms with Crippen LogP contribution in [0.1, 0.15) is 59.3 Å².